The lowest BCUT2D eigenvalue weighted by molar-refractivity contribution is 0.333. The van der Waals surface area contributed by atoms with Gasteiger partial charge in [0, 0.05) is 0 Å². The van der Waals surface area contributed by atoms with Gasteiger partial charge in [0.05, 0.1) is 19.2 Å². The number of likely N-dealkylation sites (tertiary alicyclic amines) is 1. The second-order valence-electron chi connectivity index (χ2n) is 4.97. The molecule has 1 saturated heterocycles. The van der Waals surface area contributed by atoms with Crippen molar-refractivity contribution in [1.82, 2.24) is 4.90 Å². The summed E-state index contributed by atoms with van der Waals surface area (Å²) < 4.78 is 10.6. The topological polar surface area (TPSA) is 21.7 Å². The van der Waals surface area contributed by atoms with Gasteiger partial charge in [-0.05, 0) is 63.0 Å². The summed E-state index contributed by atoms with van der Waals surface area (Å²) in [5.41, 5.74) is 1.21. The first kappa shape index (κ1) is 18.1. The zero-order valence-electron chi connectivity index (χ0n) is 13.7. The van der Waals surface area contributed by atoms with Gasteiger partial charge in [0.15, 0.2) is 11.5 Å². The van der Waals surface area contributed by atoms with Crippen LogP contribution in [0.25, 0.3) is 0 Å². The maximum absolute atomic E-state index is 6.20. The number of aryl methyl sites for hydroxylation is 1. The van der Waals surface area contributed by atoms with E-state index in [1.165, 1.54) is 38.0 Å². The largest absolute Gasteiger partial charge is 0.493 e. The van der Waals surface area contributed by atoms with Crippen molar-refractivity contribution in [3.8, 4) is 11.5 Å². The van der Waals surface area contributed by atoms with E-state index >= 15 is 0 Å². The lowest BCUT2D eigenvalue weighted by Crippen LogP contribution is -2.20. The molecule has 0 aliphatic carbocycles. The standard InChI is InChI=1S/C15H22ClNO2.C2H6/c1-18-14-11-12(10-13(16)15(14)19-2)6-5-9-17-7-3-4-8-17;1-2/h10-11H,3-9H2,1-2H3;1-2H3. The van der Waals surface area contributed by atoms with E-state index in [0.717, 1.165) is 12.8 Å². The minimum atomic E-state index is 0.618. The van der Waals surface area contributed by atoms with Gasteiger partial charge >= 0.3 is 0 Å². The SMILES string of the molecule is CC.COc1cc(CCCN2CCCC2)cc(Cl)c1OC. The Labute approximate surface area is 134 Å². The van der Waals surface area contributed by atoms with Crippen molar-refractivity contribution in [2.24, 2.45) is 0 Å². The number of halogens is 1. The van der Waals surface area contributed by atoms with Crippen LogP contribution in [0.1, 0.15) is 38.7 Å². The van der Waals surface area contributed by atoms with Gasteiger partial charge in [0.2, 0.25) is 0 Å². The molecule has 1 fully saturated rings. The third-order valence-electron chi connectivity index (χ3n) is 3.63. The zero-order valence-corrected chi connectivity index (χ0v) is 14.5. The van der Waals surface area contributed by atoms with Crippen LogP contribution in [0.4, 0.5) is 0 Å². The number of hydrogen-bond donors (Lipinski definition) is 0. The smallest absolute Gasteiger partial charge is 0.179 e. The fraction of sp³-hybridized carbons (Fsp3) is 0.647. The molecule has 3 nitrogen and oxygen atoms in total. The van der Waals surface area contributed by atoms with Crippen molar-refractivity contribution in [2.75, 3.05) is 33.9 Å². The molecule has 0 saturated carbocycles. The fourth-order valence-corrected chi connectivity index (χ4v) is 2.94. The predicted octanol–water partition coefficient (Wildman–Crippen LogP) is 4.41. The van der Waals surface area contributed by atoms with Gasteiger partial charge in [-0.1, -0.05) is 25.4 Å². The molecule has 1 aliphatic rings. The van der Waals surface area contributed by atoms with Crippen LogP contribution in [0.3, 0.4) is 0 Å². The molecule has 0 atom stereocenters. The maximum Gasteiger partial charge on any atom is 0.179 e. The van der Waals surface area contributed by atoms with E-state index < -0.39 is 0 Å². The van der Waals surface area contributed by atoms with Crippen molar-refractivity contribution in [3.63, 3.8) is 0 Å². The molecule has 1 aromatic rings. The summed E-state index contributed by atoms with van der Waals surface area (Å²) >= 11 is 6.20. The van der Waals surface area contributed by atoms with Gasteiger partial charge in [-0.3, -0.25) is 0 Å². The molecule has 2 rings (SSSR count). The molecule has 1 aliphatic heterocycles. The zero-order chi connectivity index (χ0) is 15.7. The third-order valence-corrected chi connectivity index (χ3v) is 3.91. The van der Waals surface area contributed by atoms with Gasteiger partial charge in [-0.2, -0.15) is 0 Å². The highest BCUT2D eigenvalue weighted by atomic mass is 35.5. The first-order valence-corrected chi connectivity index (χ1v) is 8.25. The quantitative estimate of drug-likeness (QED) is 0.776. The van der Waals surface area contributed by atoms with Crippen LogP contribution in [0.5, 0.6) is 11.5 Å². The molecule has 1 heterocycles. The van der Waals surface area contributed by atoms with Crippen LogP contribution in [0.2, 0.25) is 5.02 Å². The minimum Gasteiger partial charge on any atom is -0.493 e. The van der Waals surface area contributed by atoms with Gasteiger partial charge in [0.1, 0.15) is 0 Å². The highest BCUT2D eigenvalue weighted by molar-refractivity contribution is 6.32. The summed E-state index contributed by atoms with van der Waals surface area (Å²) in [6, 6.07) is 4.00. The Bertz CT molecular complexity index is 417. The van der Waals surface area contributed by atoms with E-state index in [4.69, 9.17) is 21.1 Å². The summed E-state index contributed by atoms with van der Waals surface area (Å²) in [6.07, 6.45) is 4.88. The Morgan fingerprint density at radius 1 is 1.10 bits per heavy atom. The Morgan fingerprint density at radius 3 is 2.33 bits per heavy atom. The Morgan fingerprint density at radius 2 is 1.76 bits per heavy atom. The van der Waals surface area contributed by atoms with Crippen molar-refractivity contribution in [1.29, 1.82) is 0 Å². The summed E-state index contributed by atoms with van der Waals surface area (Å²) in [6.45, 7) is 7.69. The maximum atomic E-state index is 6.20. The summed E-state index contributed by atoms with van der Waals surface area (Å²) in [7, 11) is 3.25. The molecular formula is C17H28ClNO2. The van der Waals surface area contributed by atoms with Crippen LogP contribution in [0.15, 0.2) is 12.1 Å². The second-order valence-corrected chi connectivity index (χ2v) is 5.37. The fourth-order valence-electron chi connectivity index (χ4n) is 2.63. The summed E-state index contributed by atoms with van der Waals surface area (Å²) in [5.74, 6) is 1.33. The number of methoxy groups -OCH3 is 2. The summed E-state index contributed by atoms with van der Waals surface area (Å²) in [4.78, 5) is 2.53. The molecule has 120 valence electrons. The first-order valence-electron chi connectivity index (χ1n) is 7.87. The number of rotatable bonds is 6. The highest BCUT2D eigenvalue weighted by Gasteiger charge is 2.13. The van der Waals surface area contributed by atoms with Gasteiger partial charge in [-0.15, -0.1) is 0 Å². The second kappa shape index (κ2) is 9.91. The Hall–Kier alpha value is -0.930. The van der Waals surface area contributed by atoms with Crippen LogP contribution < -0.4 is 9.47 Å². The Balaban J connectivity index is 0.00000106. The predicted molar refractivity (Wildman–Crippen MR) is 89.9 cm³/mol. The normalized spacial score (nSPS) is 14.5. The molecule has 0 bridgehead atoms. The van der Waals surface area contributed by atoms with Gasteiger partial charge < -0.3 is 14.4 Å². The number of hydrogen-bond acceptors (Lipinski definition) is 3. The molecule has 0 amide bonds. The number of nitrogens with zero attached hydrogens (tertiary/aromatic N) is 1. The number of ether oxygens (including phenoxy) is 2. The Kier molecular flexibility index (Phi) is 8.55. The van der Waals surface area contributed by atoms with Crippen LogP contribution >= 0.6 is 11.6 Å². The van der Waals surface area contributed by atoms with E-state index in [-0.39, 0.29) is 0 Å². The van der Waals surface area contributed by atoms with E-state index in [1.54, 1.807) is 14.2 Å². The molecule has 1 aromatic carbocycles. The molecule has 0 N–H and O–H groups in total. The van der Waals surface area contributed by atoms with Gasteiger partial charge in [0.25, 0.3) is 0 Å². The van der Waals surface area contributed by atoms with Crippen molar-refractivity contribution in [3.05, 3.63) is 22.7 Å². The van der Waals surface area contributed by atoms with Crippen molar-refractivity contribution < 1.29 is 9.47 Å². The van der Waals surface area contributed by atoms with E-state index in [0.29, 0.717) is 16.5 Å². The molecule has 0 aromatic heterocycles. The molecule has 21 heavy (non-hydrogen) atoms. The van der Waals surface area contributed by atoms with Gasteiger partial charge in [-0.25, -0.2) is 0 Å². The molecule has 0 spiro atoms. The monoisotopic (exact) mass is 313 g/mol. The molecule has 0 radical (unpaired) electrons. The van der Waals surface area contributed by atoms with Crippen LogP contribution in [0, 0.1) is 0 Å². The van der Waals surface area contributed by atoms with Crippen LogP contribution in [-0.2, 0) is 6.42 Å². The molecule has 0 unspecified atom stereocenters. The highest BCUT2D eigenvalue weighted by Crippen LogP contribution is 2.36. The first-order chi connectivity index (χ1) is 10.2. The van der Waals surface area contributed by atoms with E-state index in [9.17, 15) is 0 Å². The van der Waals surface area contributed by atoms with E-state index in [2.05, 4.69) is 4.90 Å². The van der Waals surface area contributed by atoms with Crippen LogP contribution in [-0.4, -0.2) is 38.8 Å². The van der Waals surface area contributed by atoms with Crippen molar-refractivity contribution in [2.45, 2.75) is 39.5 Å². The lowest BCUT2D eigenvalue weighted by atomic mass is 10.1. The lowest BCUT2D eigenvalue weighted by Gasteiger charge is -2.15. The number of benzene rings is 1. The molecule has 4 heteroatoms. The molecular weight excluding hydrogens is 286 g/mol. The van der Waals surface area contributed by atoms with E-state index in [1.807, 2.05) is 26.0 Å². The average molecular weight is 314 g/mol. The minimum absolute atomic E-state index is 0.618. The van der Waals surface area contributed by atoms with Crippen molar-refractivity contribution >= 4 is 11.6 Å². The third kappa shape index (κ3) is 5.40. The average Bonchev–Trinajstić information content (AvgIpc) is 3.02. The summed E-state index contributed by atoms with van der Waals surface area (Å²) in [5, 5.41) is 0.623.